The first kappa shape index (κ1) is 13.0. The molecule has 88 valence electrons. The second kappa shape index (κ2) is 6.51. The van der Waals surface area contributed by atoms with E-state index in [1.807, 2.05) is 13.0 Å². The van der Waals surface area contributed by atoms with Gasteiger partial charge in [-0.2, -0.15) is 0 Å². The molecule has 0 spiro atoms. The van der Waals surface area contributed by atoms with Crippen molar-refractivity contribution in [2.45, 2.75) is 25.3 Å². The van der Waals surface area contributed by atoms with Crippen LogP contribution in [0.15, 0.2) is 24.3 Å². The zero-order valence-corrected chi connectivity index (χ0v) is 10.00. The summed E-state index contributed by atoms with van der Waals surface area (Å²) in [5.41, 5.74) is 1.48. The number of carbonyl (C=O) groups is 1. The number of aliphatic hydroxyl groups excluding tert-OH is 1. The SMILES string of the molecule is CCC(O)CNC(=O)c1cccc(CCl)c1. The zero-order valence-electron chi connectivity index (χ0n) is 9.24. The van der Waals surface area contributed by atoms with Gasteiger partial charge >= 0.3 is 0 Å². The van der Waals surface area contributed by atoms with Crippen LogP contribution in [0.2, 0.25) is 0 Å². The lowest BCUT2D eigenvalue weighted by Gasteiger charge is -2.09. The highest BCUT2D eigenvalue weighted by molar-refractivity contribution is 6.17. The number of carbonyl (C=O) groups excluding carboxylic acids is 1. The number of benzene rings is 1. The summed E-state index contributed by atoms with van der Waals surface area (Å²) in [6, 6.07) is 7.14. The van der Waals surface area contributed by atoms with Crippen molar-refractivity contribution in [3.63, 3.8) is 0 Å². The van der Waals surface area contributed by atoms with E-state index in [1.54, 1.807) is 18.2 Å². The van der Waals surface area contributed by atoms with Crippen molar-refractivity contribution < 1.29 is 9.90 Å². The third-order valence-corrected chi connectivity index (χ3v) is 2.62. The number of nitrogens with one attached hydrogen (secondary N) is 1. The van der Waals surface area contributed by atoms with E-state index >= 15 is 0 Å². The van der Waals surface area contributed by atoms with Crippen molar-refractivity contribution in [1.82, 2.24) is 5.32 Å². The van der Waals surface area contributed by atoms with Gasteiger partial charge < -0.3 is 10.4 Å². The van der Waals surface area contributed by atoms with Crippen molar-refractivity contribution >= 4 is 17.5 Å². The molecule has 1 unspecified atom stereocenters. The van der Waals surface area contributed by atoms with Gasteiger partial charge in [0.1, 0.15) is 0 Å². The van der Waals surface area contributed by atoms with E-state index < -0.39 is 6.10 Å². The molecule has 0 saturated carbocycles. The minimum absolute atomic E-state index is 0.181. The molecule has 1 aromatic carbocycles. The molecule has 0 fully saturated rings. The van der Waals surface area contributed by atoms with E-state index in [9.17, 15) is 9.90 Å². The molecule has 2 N–H and O–H groups in total. The van der Waals surface area contributed by atoms with Gasteiger partial charge in [-0.05, 0) is 24.1 Å². The molecule has 0 aliphatic heterocycles. The third-order valence-electron chi connectivity index (χ3n) is 2.31. The quantitative estimate of drug-likeness (QED) is 0.774. The Morgan fingerprint density at radius 2 is 2.31 bits per heavy atom. The number of amides is 1. The topological polar surface area (TPSA) is 49.3 Å². The lowest BCUT2D eigenvalue weighted by Crippen LogP contribution is -2.31. The Morgan fingerprint density at radius 1 is 1.56 bits per heavy atom. The maximum Gasteiger partial charge on any atom is 0.251 e. The van der Waals surface area contributed by atoms with Gasteiger partial charge in [-0.3, -0.25) is 4.79 Å². The van der Waals surface area contributed by atoms with Crippen molar-refractivity contribution in [2.75, 3.05) is 6.54 Å². The number of hydrogen-bond acceptors (Lipinski definition) is 2. The average Bonchev–Trinajstić information content (AvgIpc) is 2.35. The standard InChI is InChI=1S/C12H16ClNO2/c1-2-11(15)8-14-12(16)10-5-3-4-9(6-10)7-13/h3-6,11,15H,2,7-8H2,1H3,(H,14,16). The normalized spacial score (nSPS) is 12.2. The Kier molecular flexibility index (Phi) is 5.29. The first-order valence-corrected chi connectivity index (χ1v) is 5.82. The van der Waals surface area contributed by atoms with Crippen LogP contribution in [0.5, 0.6) is 0 Å². The van der Waals surface area contributed by atoms with Crippen LogP contribution in [0, 0.1) is 0 Å². The predicted molar refractivity (Wildman–Crippen MR) is 64.6 cm³/mol. The van der Waals surface area contributed by atoms with E-state index in [0.29, 0.717) is 17.9 Å². The lowest BCUT2D eigenvalue weighted by molar-refractivity contribution is 0.0914. The maximum absolute atomic E-state index is 11.7. The van der Waals surface area contributed by atoms with E-state index in [0.717, 1.165) is 5.56 Å². The smallest absolute Gasteiger partial charge is 0.251 e. The van der Waals surface area contributed by atoms with Crippen LogP contribution in [0.1, 0.15) is 29.3 Å². The van der Waals surface area contributed by atoms with Gasteiger partial charge in [0.25, 0.3) is 5.91 Å². The second-order valence-electron chi connectivity index (χ2n) is 3.61. The van der Waals surface area contributed by atoms with Crippen molar-refractivity contribution in [1.29, 1.82) is 0 Å². The van der Waals surface area contributed by atoms with Crippen LogP contribution in [0.4, 0.5) is 0 Å². The molecule has 1 aromatic rings. The monoisotopic (exact) mass is 241 g/mol. The minimum Gasteiger partial charge on any atom is -0.391 e. The molecule has 16 heavy (non-hydrogen) atoms. The summed E-state index contributed by atoms with van der Waals surface area (Å²) < 4.78 is 0. The van der Waals surface area contributed by atoms with Gasteiger partial charge in [-0.1, -0.05) is 19.1 Å². The Bertz CT molecular complexity index is 355. The van der Waals surface area contributed by atoms with Crippen LogP contribution >= 0.6 is 11.6 Å². The second-order valence-corrected chi connectivity index (χ2v) is 3.87. The Morgan fingerprint density at radius 3 is 2.94 bits per heavy atom. The minimum atomic E-state index is -0.486. The van der Waals surface area contributed by atoms with E-state index in [2.05, 4.69) is 5.32 Å². The Balaban J connectivity index is 2.58. The summed E-state index contributed by atoms with van der Waals surface area (Å²) in [5, 5.41) is 12.0. The first-order chi connectivity index (χ1) is 7.67. The van der Waals surface area contributed by atoms with Gasteiger partial charge in [-0.25, -0.2) is 0 Å². The molecule has 0 saturated heterocycles. The van der Waals surface area contributed by atoms with Crippen LogP contribution in [-0.2, 0) is 5.88 Å². The van der Waals surface area contributed by atoms with Crippen LogP contribution in [0.25, 0.3) is 0 Å². The molecule has 0 radical (unpaired) electrons. The predicted octanol–water partition coefficient (Wildman–Crippen LogP) is 1.93. The molecule has 0 aliphatic carbocycles. The molecule has 1 rings (SSSR count). The molecular weight excluding hydrogens is 226 g/mol. The van der Waals surface area contributed by atoms with Gasteiger partial charge in [0.2, 0.25) is 0 Å². The fourth-order valence-corrected chi connectivity index (χ4v) is 1.42. The fourth-order valence-electron chi connectivity index (χ4n) is 1.25. The Hall–Kier alpha value is -1.06. The first-order valence-electron chi connectivity index (χ1n) is 5.28. The Labute approximate surface area is 100 Å². The molecule has 4 heteroatoms. The average molecular weight is 242 g/mol. The van der Waals surface area contributed by atoms with Gasteiger partial charge in [0, 0.05) is 18.0 Å². The molecule has 0 bridgehead atoms. The highest BCUT2D eigenvalue weighted by Crippen LogP contribution is 2.07. The number of halogens is 1. The molecular formula is C12H16ClNO2. The molecule has 0 heterocycles. The highest BCUT2D eigenvalue weighted by Gasteiger charge is 2.07. The summed E-state index contributed by atoms with van der Waals surface area (Å²) in [5.74, 6) is 0.207. The van der Waals surface area contributed by atoms with Crippen molar-refractivity contribution in [2.24, 2.45) is 0 Å². The summed E-state index contributed by atoms with van der Waals surface area (Å²) in [4.78, 5) is 11.7. The molecule has 1 amide bonds. The van der Waals surface area contributed by atoms with Crippen molar-refractivity contribution in [3.8, 4) is 0 Å². The van der Waals surface area contributed by atoms with Crippen LogP contribution < -0.4 is 5.32 Å². The van der Waals surface area contributed by atoms with Crippen molar-refractivity contribution in [3.05, 3.63) is 35.4 Å². The summed E-state index contributed by atoms with van der Waals surface area (Å²) >= 11 is 5.68. The highest BCUT2D eigenvalue weighted by atomic mass is 35.5. The molecule has 1 atom stereocenters. The van der Waals surface area contributed by atoms with Gasteiger partial charge in [0.15, 0.2) is 0 Å². The zero-order chi connectivity index (χ0) is 12.0. The van der Waals surface area contributed by atoms with E-state index in [1.165, 1.54) is 0 Å². The van der Waals surface area contributed by atoms with Gasteiger partial charge in [0.05, 0.1) is 6.10 Å². The number of hydrogen-bond donors (Lipinski definition) is 2. The maximum atomic E-state index is 11.7. The molecule has 0 aromatic heterocycles. The summed E-state index contributed by atoms with van der Waals surface area (Å²) in [6.07, 6.45) is 0.141. The number of alkyl halides is 1. The summed E-state index contributed by atoms with van der Waals surface area (Å²) in [6.45, 7) is 2.14. The fraction of sp³-hybridized carbons (Fsp3) is 0.417. The summed E-state index contributed by atoms with van der Waals surface area (Å²) in [7, 11) is 0. The number of aliphatic hydroxyl groups is 1. The largest absolute Gasteiger partial charge is 0.391 e. The third kappa shape index (κ3) is 3.83. The van der Waals surface area contributed by atoms with Crippen LogP contribution in [0.3, 0.4) is 0 Å². The molecule has 3 nitrogen and oxygen atoms in total. The van der Waals surface area contributed by atoms with Gasteiger partial charge in [-0.15, -0.1) is 11.6 Å². The van der Waals surface area contributed by atoms with Crippen LogP contribution in [-0.4, -0.2) is 23.7 Å². The van der Waals surface area contributed by atoms with E-state index in [4.69, 9.17) is 11.6 Å². The molecule has 0 aliphatic rings. The number of rotatable bonds is 5. The lowest BCUT2D eigenvalue weighted by atomic mass is 10.1. The van der Waals surface area contributed by atoms with E-state index in [-0.39, 0.29) is 12.5 Å².